The number of rotatable bonds is 3. The van der Waals surface area contributed by atoms with E-state index in [-0.39, 0.29) is 13.4 Å². The quantitative estimate of drug-likeness (QED) is 0.862. The summed E-state index contributed by atoms with van der Waals surface area (Å²) in [6.07, 6.45) is -1.37. The number of esters is 1. The highest BCUT2D eigenvalue weighted by Gasteiger charge is 2.28. The van der Waals surface area contributed by atoms with Gasteiger partial charge in [-0.25, -0.2) is 4.79 Å². The predicted octanol–water partition coefficient (Wildman–Crippen LogP) is 1.77. The molecule has 2 rings (SSSR count). The Morgan fingerprint density at radius 2 is 2.35 bits per heavy atom. The highest BCUT2D eigenvalue weighted by molar-refractivity contribution is 9.10. The van der Waals surface area contributed by atoms with Crippen molar-refractivity contribution >= 4 is 21.9 Å². The zero-order valence-corrected chi connectivity index (χ0v) is 10.7. The van der Waals surface area contributed by atoms with Crippen LogP contribution in [0.4, 0.5) is 0 Å². The zero-order valence-electron chi connectivity index (χ0n) is 9.10. The van der Waals surface area contributed by atoms with Gasteiger partial charge in [0, 0.05) is 10.0 Å². The maximum absolute atomic E-state index is 11.5. The van der Waals surface area contributed by atoms with Crippen LogP contribution in [0.25, 0.3) is 0 Å². The number of hydrogen-bond acceptors (Lipinski definition) is 5. The summed E-state index contributed by atoms with van der Waals surface area (Å²) in [6.45, 7) is 1.97. The van der Waals surface area contributed by atoms with Crippen LogP contribution in [0.2, 0.25) is 0 Å². The molecule has 1 N–H and O–H groups in total. The first kappa shape index (κ1) is 12.2. The Morgan fingerprint density at radius 3 is 3.06 bits per heavy atom. The van der Waals surface area contributed by atoms with Gasteiger partial charge in [0.1, 0.15) is 0 Å². The van der Waals surface area contributed by atoms with Gasteiger partial charge in [-0.2, -0.15) is 0 Å². The Bertz CT molecular complexity index is 446. The molecule has 1 atom stereocenters. The van der Waals surface area contributed by atoms with Gasteiger partial charge in [0.05, 0.1) is 6.61 Å². The fourth-order valence-electron chi connectivity index (χ4n) is 1.55. The fourth-order valence-corrected chi connectivity index (χ4v) is 2.01. The van der Waals surface area contributed by atoms with E-state index in [0.717, 1.165) is 0 Å². The van der Waals surface area contributed by atoms with E-state index in [4.69, 9.17) is 14.2 Å². The van der Waals surface area contributed by atoms with Gasteiger partial charge >= 0.3 is 5.97 Å². The maximum atomic E-state index is 11.5. The number of benzene rings is 1. The maximum Gasteiger partial charge on any atom is 0.339 e. The van der Waals surface area contributed by atoms with E-state index >= 15 is 0 Å². The van der Waals surface area contributed by atoms with Crippen LogP contribution in [0.3, 0.4) is 0 Å². The van der Waals surface area contributed by atoms with E-state index in [1.54, 1.807) is 19.1 Å². The van der Waals surface area contributed by atoms with Gasteiger partial charge in [-0.3, -0.25) is 0 Å². The van der Waals surface area contributed by atoms with E-state index in [2.05, 4.69) is 15.9 Å². The van der Waals surface area contributed by atoms with Crippen LogP contribution in [-0.4, -0.2) is 24.5 Å². The SMILES string of the molecule is CCOC(=O)C(O)c1cc(Br)cc2c1OCO2. The molecule has 1 unspecified atom stereocenters. The van der Waals surface area contributed by atoms with Gasteiger partial charge in [-0.1, -0.05) is 15.9 Å². The van der Waals surface area contributed by atoms with Crippen molar-refractivity contribution in [3.8, 4) is 11.5 Å². The lowest BCUT2D eigenvalue weighted by Crippen LogP contribution is -2.16. The molecule has 5 nitrogen and oxygen atoms in total. The number of carbonyl (C=O) groups excluding carboxylic acids is 1. The number of aliphatic hydroxyl groups excluding tert-OH is 1. The van der Waals surface area contributed by atoms with Gasteiger partial charge in [-0.05, 0) is 19.1 Å². The molecule has 0 fully saturated rings. The molecule has 0 radical (unpaired) electrons. The first-order valence-electron chi connectivity index (χ1n) is 5.07. The summed E-state index contributed by atoms with van der Waals surface area (Å²) < 4.78 is 15.9. The number of fused-ring (bicyclic) bond motifs is 1. The summed E-state index contributed by atoms with van der Waals surface area (Å²) in [5, 5.41) is 9.88. The van der Waals surface area contributed by atoms with E-state index in [9.17, 15) is 9.90 Å². The molecule has 0 saturated heterocycles. The number of ether oxygens (including phenoxy) is 3. The van der Waals surface area contributed by atoms with Gasteiger partial charge in [0.2, 0.25) is 6.79 Å². The number of aliphatic hydroxyl groups is 1. The topological polar surface area (TPSA) is 65.0 Å². The first-order valence-corrected chi connectivity index (χ1v) is 5.86. The molecule has 0 bridgehead atoms. The van der Waals surface area contributed by atoms with Crippen molar-refractivity contribution in [2.75, 3.05) is 13.4 Å². The summed E-state index contributed by atoms with van der Waals surface area (Å²) >= 11 is 3.27. The molecule has 0 saturated carbocycles. The van der Waals surface area contributed by atoms with Crippen LogP contribution in [0, 0.1) is 0 Å². The molecule has 1 aliphatic rings. The lowest BCUT2D eigenvalue weighted by Gasteiger charge is -2.12. The minimum absolute atomic E-state index is 0.0777. The van der Waals surface area contributed by atoms with Crippen LogP contribution >= 0.6 is 15.9 Å². The summed E-state index contributed by atoms with van der Waals surface area (Å²) in [5.41, 5.74) is 0.338. The van der Waals surface area contributed by atoms with Crippen molar-refractivity contribution in [3.63, 3.8) is 0 Å². The molecule has 0 aliphatic carbocycles. The van der Waals surface area contributed by atoms with Crippen LogP contribution < -0.4 is 9.47 Å². The zero-order chi connectivity index (χ0) is 12.4. The second-order valence-electron chi connectivity index (χ2n) is 3.38. The molecule has 1 heterocycles. The molecule has 1 aliphatic heterocycles. The summed E-state index contributed by atoms with van der Waals surface area (Å²) in [5.74, 6) is 0.176. The Balaban J connectivity index is 2.35. The van der Waals surface area contributed by atoms with Crippen LogP contribution in [0.5, 0.6) is 11.5 Å². The van der Waals surface area contributed by atoms with Crippen LogP contribution in [0.15, 0.2) is 16.6 Å². The molecule has 1 aromatic rings. The van der Waals surface area contributed by atoms with Gasteiger partial charge in [0.25, 0.3) is 0 Å². The Labute approximate surface area is 106 Å². The van der Waals surface area contributed by atoms with Crippen molar-refractivity contribution in [3.05, 3.63) is 22.2 Å². The van der Waals surface area contributed by atoms with Gasteiger partial charge in [0.15, 0.2) is 17.6 Å². The number of halogens is 1. The highest BCUT2D eigenvalue weighted by atomic mass is 79.9. The Morgan fingerprint density at radius 1 is 1.59 bits per heavy atom. The Kier molecular flexibility index (Phi) is 3.54. The monoisotopic (exact) mass is 302 g/mol. The van der Waals surface area contributed by atoms with Gasteiger partial charge < -0.3 is 19.3 Å². The second-order valence-corrected chi connectivity index (χ2v) is 4.30. The third kappa shape index (κ3) is 2.37. The molecule has 17 heavy (non-hydrogen) atoms. The third-order valence-electron chi connectivity index (χ3n) is 2.27. The van der Waals surface area contributed by atoms with Gasteiger partial charge in [-0.15, -0.1) is 0 Å². The lowest BCUT2D eigenvalue weighted by molar-refractivity contribution is -0.153. The largest absolute Gasteiger partial charge is 0.464 e. The summed E-state index contributed by atoms with van der Waals surface area (Å²) in [4.78, 5) is 11.5. The lowest BCUT2D eigenvalue weighted by atomic mass is 10.1. The smallest absolute Gasteiger partial charge is 0.339 e. The van der Waals surface area contributed by atoms with E-state index in [1.807, 2.05) is 0 Å². The van der Waals surface area contributed by atoms with E-state index < -0.39 is 12.1 Å². The molecular formula is C11H11BrO5. The number of hydrogen-bond donors (Lipinski definition) is 1. The van der Waals surface area contributed by atoms with Crippen molar-refractivity contribution in [2.24, 2.45) is 0 Å². The summed E-state index contributed by atoms with van der Waals surface area (Å²) in [6, 6.07) is 3.32. The minimum atomic E-state index is -1.37. The van der Waals surface area contributed by atoms with Crippen molar-refractivity contribution in [2.45, 2.75) is 13.0 Å². The average molecular weight is 303 g/mol. The predicted molar refractivity (Wildman–Crippen MR) is 61.9 cm³/mol. The second kappa shape index (κ2) is 4.93. The Hall–Kier alpha value is -1.27. The molecule has 0 amide bonds. The summed E-state index contributed by atoms with van der Waals surface area (Å²) in [7, 11) is 0. The first-order chi connectivity index (χ1) is 8.13. The van der Waals surface area contributed by atoms with E-state index in [0.29, 0.717) is 21.5 Å². The van der Waals surface area contributed by atoms with Crippen LogP contribution in [-0.2, 0) is 9.53 Å². The highest BCUT2D eigenvalue weighted by Crippen LogP contribution is 2.41. The normalized spacial score (nSPS) is 14.5. The third-order valence-corrected chi connectivity index (χ3v) is 2.73. The minimum Gasteiger partial charge on any atom is -0.464 e. The van der Waals surface area contributed by atoms with Crippen LogP contribution in [0.1, 0.15) is 18.6 Å². The van der Waals surface area contributed by atoms with Crippen molar-refractivity contribution < 1.29 is 24.1 Å². The molecule has 0 aromatic heterocycles. The molecular weight excluding hydrogens is 292 g/mol. The molecule has 6 heteroatoms. The molecule has 1 aromatic carbocycles. The fraction of sp³-hybridized carbons (Fsp3) is 0.364. The van der Waals surface area contributed by atoms with E-state index in [1.165, 1.54) is 0 Å². The standard InChI is InChI=1S/C11H11BrO5/c1-2-15-11(14)9(13)7-3-6(12)4-8-10(7)17-5-16-8/h3-4,9,13H,2,5H2,1H3. The van der Waals surface area contributed by atoms with Crippen molar-refractivity contribution in [1.82, 2.24) is 0 Å². The molecule has 92 valence electrons. The average Bonchev–Trinajstić information content (AvgIpc) is 2.75. The number of carbonyl (C=O) groups is 1. The molecule has 0 spiro atoms. The van der Waals surface area contributed by atoms with Crippen molar-refractivity contribution in [1.29, 1.82) is 0 Å².